The molecule has 0 unspecified atom stereocenters. The zero-order valence-electron chi connectivity index (χ0n) is 20.3. The lowest BCUT2D eigenvalue weighted by Crippen LogP contribution is -2.18. The van der Waals surface area contributed by atoms with Crippen LogP contribution >= 0.6 is 0 Å². The van der Waals surface area contributed by atoms with Gasteiger partial charge in [0.25, 0.3) is 0 Å². The molecule has 162 valence electrons. The van der Waals surface area contributed by atoms with Crippen molar-refractivity contribution in [2.45, 2.75) is 130 Å². The van der Waals surface area contributed by atoms with Gasteiger partial charge in [-0.3, -0.25) is 0 Å². The molecule has 1 aromatic carbocycles. The fraction of sp³-hybridized carbons (Fsp3) is 0.778. The van der Waals surface area contributed by atoms with Crippen molar-refractivity contribution in [1.29, 1.82) is 0 Å². The van der Waals surface area contributed by atoms with Crippen LogP contribution in [0.1, 0.15) is 130 Å². The van der Waals surface area contributed by atoms with Crippen molar-refractivity contribution in [1.82, 2.24) is 0 Å². The highest BCUT2D eigenvalue weighted by Crippen LogP contribution is 2.40. The van der Waals surface area contributed by atoms with Gasteiger partial charge in [-0.25, -0.2) is 0 Å². The van der Waals surface area contributed by atoms with Crippen LogP contribution in [-0.4, -0.2) is 5.11 Å². The Bertz CT molecular complexity index is 526. The number of hydrogen-bond acceptors (Lipinski definition) is 1. The Morgan fingerprint density at radius 3 is 1.50 bits per heavy atom. The van der Waals surface area contributed by atoms with Crippen LogP contribution in [0.3, 0.4) is 0 Å². The molecule has 0 spiro atoms. The van der Waals surface area contributed by atoms with Crippen LogP contribution in [0.25, 0.3) is 0 Å². The van der Waals surface area contributed by atoms with E-state index in [-0.39, 0.29) is 10.8 Å². The third-order valence-corrected chi connectivity index (χ3v) is 6.06. The fourth-order valence-corrected chi connectivity index (χ4v) is 4.15. The molecule has 0 amide bonds. The molecule has 0 heterocycles. The number of hydrogen-bond donors (Lipinski definition) is 1. The van der Waals surface area contributed by atoms with Gasteiger partial charge < -0.3 is 5.11 Å². The summed E-state index contributed by atoms with van der Waals surface area (Å²) in [5, 5.41) is 10.9. The predicted molar refractivity (Wildman–Crippen MR) is 126 cm³/mol. The summed E-state index contributed by atoms with van der Waals surface area (Å²) in [6.07, 6.45) is 13.3. The van der Waals surface area contributed by atoms with Gasteiger partial charge in [0.1, 0.15) is 5.75 Å². The number of rotatable bonds is 11. The van der Waals surface area contributed by atoms with Crippen LogP contribution in [0, 0.1) is 5.92 Å². The van der Waals surface area contributed by atoms with Crippen molar-refractivity contribution >= 4 is 0 Å². The third kappa shape index (κ3) is 8.18. The van der Waals surface area contributed by atoms with Crippen molar-refractivity contribution in [3.8, 4) is 5.75 Å². The summed E-state index contributed by atoms with van der Waals surface area (Å²) in [6, 6.07) is 4.55. The van der Waals surface area contributed by atoms with E-state index in [9.17, 15) is 5.11 Å². The molecule has 1 heteroatoms. The van der Waals surface area contributed by atoms with Crippen LogP contribution in [0.15, 0.2) is 12.1 Å². The lowest BCUT2D eigenvalue weighted by atomic mass is 9.77. The molecule has 0 aliphatic carbocycles. The van der Waals surface area contributed by atoms with Crippen molar-refractivity contribution < 1.29 is 5.11 Å². The maximum Gasteiger partial charge on any atom is 0.123 e. The van der Waals surface area contributed by atoms with Crippen LogP contribution in [0.5, 0.6) is 5.75 Å². The van der Waals surface area contributed by atoms with E-state index in [0.29, 0.717) is 5.75 Å². The summed E-state index contributed by atoms with van der Waals surface area (Å²) in [6.45, 7) is 17.8. The smallest absolute Gasteiger partial charge is 0.123 e. The van der Waals surface area contributed by atoms with Crippen LogP contribution in [0.2, 0.25) is 0 Å². The number of aryl methyl sites for hydroxylation is 1. The monoisotopic (exact) mass is 388 g/mol. The number of aromatic hydroxyl groups is 1. The molecular formula is C27H48O. The molecule has 0 aliphatic rings. The van der Waals surface area contributed by atoms with E-state index in [1.807, 2.05) is 0 Å². The van der Waals surface area contributed by atoms with E-state index in [4.69, 9.17) is 0 Å². The van der Waals surface area contributed by atoms with Crippen molar-refractivity contribution in [2.75, 3.05) is 0 Å². The van der Waals surface area contributed by atoms with Crippen LogP contribution in [0.4, 0.5) is 0 Å². The highest BCUT2D eigenvalue weighted by molar-refractivity contribution is 5.49. The average molecular weight is 389 g/mol. The highest BCUT2D eigenvalue weighted by Gasteiger charge is 2.26. The van der Waals surface area contributed by atoms with Crippen LogP contribution < -0.4 is 0 Å². The van der Waals surface area contributed by atoms with Gasteiger partial charge in [-0.2, -0.15) is 0 Å². The fourth-order valence-electron chi connectivity index (χ4n) is 4.15. The molecule has 0 radical (unpaired) electrons. The van der Waals surface area contributed by atoms with Crippen LogP contribution in [-0.2, 0) is 17.3 Å². The maximum atomic E-state index is 10.9. The molecule has 1 rings (SSSR count). The van der Waals surface area contributed by atoms with E-state index in [1.165, 1.54) is 63.4 Å². The Balaban J connectivity index is 3.00. The molecule has 0 aliphatic heterocycles. The SMILES string of the molecule is CCCCCC(CCCCC)CCc1cc(C(C)(C)C)c(O)c(C(C)(C)C)c1. The lowest BCUT2D eigenvalue weighted by molar-refractivity contribution is 0.385. The van der Waals surface area contributed by atoms with E-state index >= 15 is 0 Å². The number of phenols is 1. The first-order valence-electron chi connectivity index (χ1n) is 11.9. The molecule has 1 nitrogen and oxygen atoms in total. The Morgan fingerprint density at radius 1 is 0.714 bits per heavy atom. The Labute approximate surface area is 176 Å². The lowest BCUT2D eigenvalue weighted by Gasteiger charge is -2.28. The normalized spacial score (nSPS) is 12.8. The largest absolute Gasteiger partial charge is 0.507 e. The van der Waals surface area contributed by atoms with E-state index in [0.717, 1.165) is 23.5 Å². The van der Waals surface area contributed by atoms with Gasteiger partial charge in [0.05, 0.1) is 0 Å². The second kappa shape index (κ2) is 11.3. The Kier molecular flexibility index (Phi) is 10.1. The molecule has 0 fully saturated rings. The Morgan fingerprint density at radius 2 is 1.14 bits per heavy atom. The summed E-state index contributed by atoms with van der Waals surface area (Å²) in [5.41, 5.74) is 3.53. The van der Waals surface area contributed by atoms with E-state index in [1.54, 1.807) is 0 Å². The summed E-state index contributed by atoms with van der Waals surface area (Å²) in [5.74, 6) is 1.36. The Hall–Kier alpha value is -0.980. The first-order chi connectivity index (χ1) is 13.0. The first-order valence-corrected chi connectivity index (χ1v) is 11.9. The minimum Gasteiger partial charge on any atom is -0.507 e. The van der Waals surface area contributed by atoms with Gasteiger partial charge in [-0.15, -0.1) is 0 Å². The standard InChI is InChI=1S/C27H48O/c1-9-11-13-15-21(16-14-12-10-2)17-18-22-19-23(26(3,4)5)25(28)24(20-22)27(6,7)8/h19-21,28H,9-18H2,1-8H3. The molecule has 1 aromatic rings. The molecule has 0 saturated heterocycles. The quantitative estimate of drug-likeness (QED) is 0.376. The van der Waals surface area contributed by atoms with E-state index in [2.05, 4.69) is 67.5 Å². The second-order valence-corrected chi connectivity index (χ2v) is 10.9. The highest BCUT2D eigenvalue weighted by atomic mass is 16.3. The molecule has 0 saturated carbocycles. The minimum atomic E-state index is -0.0399. The van der Waals surface area contributed by atoms with Crippen molar-refractivity contribution in [3.05, 3.63) is 28.8 Å². The van der Waals surface area contributed by atoms with Crippen molar-refractivity contribution in [2.24, 2.45) is 5.92 Å². The molecule has 1 N–H and O–H groups in total. The van der Waals surface area contributed by atoms with Gasteiger partial charge >= 0.3 is 0 Å². The van der Waals surface area contributed by atoms with Gasteiger partial charge in [-0.05, 0) is 46.3 Å². The number of benzene rings is 1. The van der Waals surface area contributed by atoms with Crippen molar-refractivity contribution in [3.63, 3.8) is 0 Å². The molecule has 0 atom stereocenters. The molecule has 28 heavy (non-hydrogen) atoms. The van der Waals surface area contributed by atoms with E-state index < -0.39 is 0 Å². The predicted octanol–water partition coefficient (Wildman–Crippen LogP) is 8.70. The molecule has 0 bridgehead atoms. The summed E-state index contributed by atoms with van der Waals surface area (Å²) < 4.78 is 0. The average Bonchev–Trinajstić information content (AvgIpc) is 2.58. The topological polar surface area (TPSA) is 20.2 Å². The van der Waals surface area contributed by atoms with Gasteiger partial charge in [-0.1, -0.05) is 119 Å². The zero-order chi connectivity index (χ0) is 21.4. The van der Waals surface area contributed by atoms with Gasteiger partial charge in [0.15, 0.2) is 0 Å². The maximum absolute atomic E-state index is 10.9. The van der Waals surface area contributed by atoms with Gasteiger partial charge in [0.2, 0.25) is 0 Å². The molecular weight excluding hydrogens is 340 g/mol. The summed E-state index contributed by atoms with van der Waals surface area (Å²) in [7, 11) is 0. The van der Waals surface area contributed by atoms with Gasteiger partial charge in [0, 0.05) is 0 Å². The minimum absolute atomic E-state index is 0.0399. The first kappa shape index (κ1) is 25.1. The summed E-state index contributed by atoms with van der Waals surface area (Å²) in [4.78, 5) is 0. The summed E-state index contributed by atoms with van der Waals surface area (Å²) >= 11 is 0. The number of phenolic OH excluding ortho intramolecular Hbond substituents is 1. The zero-order valence-corrected chi connectivity index (χ0v) is 20.3. The molecule has 0 aromatic heterocycles. The third-order valence-electron chi connectivity index (χ3n) is 6.06. The second-order valence-electron chi connectivity index (χ2n) is 10.9. The number of unbranched alkanes of at least 4 members (excludes halogenated alkanes) is 4.